The van der Waals surface area contributed by atoms with Gasteiger partial charge in [0.2, 0.25) is 10.0 Å². The van der Waals surface area contributed by atoms with Gasteiger partial charge in [-0.1, -0.05) is 32.9 Å². The number of amides is 2. The smallest absolute Gasteiger partial charge is 0.337 e. The highest BCUT2D eigenvalue weighted by molar-refractivity contribution is 7.89. The van der Waals surface area contributed by atoms with Gasteiger partial charge in [-0.15, -0.1) is 0 Å². The molecule has 0 unspecified atom stereocenters. The summed E-state index contributed by atoms with van der Waals surface area (Å²) in [4.78, 5) is 27.0. The van der Waals surface area contributed by atoms with Gasteiger partial charge in [0.15, 0.2) is 0 Å². The zero-order valence-corrected chi connectivity index (χ0v) is 20.6. The first kappa shape index (κ1) is 25.2. The first-order valence-corrected chi connectivity index (χ1v) is 12.9. The number of hydrogen-bond acceptors (Lipinski definition) is 6. The SMILES string of the molecule is CCOC(=O)C1=C(CN2CCN(S(=O)(=O)c3ccc(C(C)C)cc3)CC2)NC(=O)N[C@@H]1CC. The fourth-order valence-electron chi connectivity index (χ4n) is 4.11. The van der Waals surface area contributed by atoms with E-state index in [4.69, 9.17) is 4.74 Å². The third kappa shape index (κ3) is 5.74. The topological polar surface area (TPSA) is 108 Å². The van der Waals surface area contributed by atoms with Gasteiger partial charge in [0.1, 0.15) is 0 Å². The highest BCUT2D eigenvalue weighted by Gasteiger charge is 2.34. The Kier molecular flexibility index (Phi) is 8.14. The van der Waals surface area contributed by atoms with Crippen molar-refractivity contribution in [2.75, 3.05) is 39.3 Å². The molecular weight excluding hydrogens is 444 g/mol. The summed E-state index contributed by atoms with van der Waals surface area (Å²) in [5, 5.41) is 5.52. The molecule has 3 rings (SSSR count). The molecule has 0 saturated carbocycles. The van der Waals surface area contributed by atoms with Crippen molar-refractivity contribution in [3.05, 3.63) is 41.1 Å². The van der Waals surface area contributed by atoms with E-state index in [2.05, 4.69) is 24.5 Å². The molecule has 2 amide bonds. The number of nitrogens with one attached hydrogen (secondary N) is 2. The maximum atomic E-state index is 13.1. The number of hydrogen-bond donors (Lipinski definition) is 2. The molecule has 2 aliphatic rings. The van der Waals surface area contributed by atoms with Crippen LogP contribution in [-0.2, 0) is 19.6 Å². The summed E-state index contributed by atoms with van der Waals surface area (Å²) < 4.78 is 32.8. The van der Waals surface area contributed by atoms with Crippen LogP contribution < -0.4 is 10.6 Å². The van der Waals surface area contributed by atoms with Crippen LogP contribution in [0.5, 0.6) is 0 Å². The van der Waals surface area contributed by atoms with Gasteiger partial charge in [-0.2, -0.15) is 4.31 Å². The van der Waals surface area contributed by atoms with Crippen LogP contribution in [-0.4, -0.2) is 75.0 Å². The standard InChI is InChI=1S/C23H34N4O5S/c1-5-19-21(22(28)32-6-2)20(25-23(29)24-19)15-26-11-13-27(14-12-26)33(30,31)18-9-7-17(8-10-18)16(3)4/h7-10,16,19H,5-6,11-15H2,1-4H3,(H2,24,25,29)/t19-/m1/s1. The van der Waals surface area contributed by atoms with E-state index in [1.54, 1.807) is 19.1 Å². The number of carbonyl (C=O) groups excluding carboxylic acids is 2. The second-order valence-electron chi connectivity index (χ2n) is 8.58. The van der Waals surface area contributed by atoms with Crippen molar-refractivity contribution in [1.29, 1.82) is 0 Å². The van der Waals surface area contributed by atoms with E-state index in [9.17, 15) is 18.0 Å². The van der Waals surface area contributed by atoms with Gasteiger partial charge in [-0.25, -0.2) is 18.0 Å². The number of urea groups is 1. The molecule has 0 aromatic heterocycles. The summed E-state index contributed by atoms with van der Waals surface area (Å²) in [5.41, 5.74) is 2.04. The maximum absolute atomic E-state index is 13.1. The van der Waals surface area contributed by atoms with Gasteiger partial charge in [0.05, 0.1) is 23.1 Å². The number of esters is 1. The second-order valence-corrected chi connectivity index (χ2v) is 10.5. The average Bonchev–Trinajstić information content (AvgIpc) is 2.79. The number of piperazine rings is 1. The van der Waals surface area contributed by atoms with Gasteiger partial charge < -0.3 is 15.4 Å². The number of benzene rings is 1. The number of ether oxygens (including phenoxy) is 1. The van der Waals surface area contributed by atoms with Crippen LogP contribution in [0, 0.1) is 0 Å². The van der Waals surface area contributed by atoms with E-state index in [0.717, 1.165) is 5.56 Å². The zero-order chi connectivity index (χ0) is 24.2. The van der Waals surface area contributed by atoms with Crippen LogP contribution in [0.15, 0.2) is 40.4 Å². The molecule has 0 aliphatic carbocycles. The van der Waals surface area contributed by atoms with Gasteiger partial charge in [-0.05, 0) is 37.0 Å². The lowest BCUT2D eigenvalue weighted by Crippen LogP contribution is -2.54. The minimum atomic E-state index is -3.57. The van der Waals surface area contributed by atoms with E-state index >= 15 is 0 Å². The largest absolute Gasteiger partial charge is 0.463 e. The lowest BCUT2D eigenvalue weighted by atomic mass is 10.00. The summed E-state index contributed by atoms with van der Waals surface area (Å²) in [6.45, 7) is 10.0. The fraction of sp³-hybridized carbons (Fsp3) is 0.565. The fourth-order valence-corrected chi connectivity index (χ4v) is 5.53. The van der Waals surface area contributed by atoms with Crippen molar-refractivity contribution in [1.82, 2.24) is 19.8 Å². The molecule has 10 heteroatoms. The van der Waals surface area contributed by atoms with Crippen molar-refractivity contribution in [2.45, 2.75) is 51.0 Å². The van der Waals surface area contributed by atoms with Crippen molar-refractivity contribution >= 4 is 22.0 Å². The first-order valence-electron chi connectivity index (χ1n) is 11.5. The maximum Gasteiger partial charge on any atom is 0.337 e. The van der Waals surface area contributed by atoms with Gasteiger partial charge in [0.25, 0.3) is 0 Å². The highest BCUT2D eigenvalue weighted by Crippen LogP contribution is 2.22. The normalized spacial score (nSPS) is 20.5. The van der Waals surface area contributed by atoms with E-state index in [1.807, 2.05) is 24.0 Å². The van der Waals surface area contributed by atoms with Gasteiger partial charge >= 0.3 is 12.0 Å². The molecule has 0 spiro atoms. The van der Waals surface area contributed by atoms with E-state index in [-0.39, 0.29) is 12.6 Å². The summed E-state index contributed by atoms with van der Waals surface area (Å²) in [6.07, 6.45) is 0.562. The molecule has 1 aromatic rings. The van der Waals surface area contributed by atoms with Crippen LogP contribution >= 0.6 is 0 Å². The van der Waals surface area contributed by atoms with Gasteiger partial charge in [0, 0.05) is 38.4 Å². The third-order valence-corrected chi connectivity index (χ3v) is 7.96. The van der Waals surface area contributed by atoms with Crippen molar-refractivity contribution in [3.63, 3.8) is 0 Å². The van der Waals surface area contributed by atoms with Crippen molar-refractivity contribution < 1.29 is 22.7 Å². The molecule has 1 saturated heterocycles. The predicted molar refractivity (Wildman–Crippen MR) is 125 cm³/mol. The Bertz CT molecular complexity index is 996. The second kappa shape index (κ2) is 10.7. The molecule has 1 fully saturated rings. The molecule has 0 bridgehead atoms. The Morgan fingerprint density at radius 1 is 1.12 bits per heavy atom. The first-order chi connectivity index (χ1) is 15.7. The number of rotatable bonds is 8. The molecule has 1 atom stereocenters. The Morgan fingerprint density at radius 3 is 2.30 bits per heavy atom. The van der Waals surface area contributed by atoms with Crippen LogP contribution in [0.25, 0.3) is 0 Å². The van der Waals surface area contributed by atoms with Crippen molar-refractivity contribution in [3.8, 4) is 0 Å². The van der Waals surface area contributed by atoms with Crippen LogP contribution in [0.1, 0.15) is 45.6 Å². The Hall–Kier alpha value is -2.43. The Labute approximate surface area is 196 Å². The molecule has 0 radical (unpaired) electrons. The average molecular weight is 479 g/mol. The summed E-state index contributed by atoms with van der Waals surface area (Å²) in [7, 11) is -3.57. The summed E-state index contributed by atoms with van der Waals surface area (Å²) >= 11 is 0. The Morgan fingerprint density at radius 2 is 1.76 bits per heavy atom. The highest BCUT2D eigenvalue weighted by atomic mass is 32.2. The molecule has 2 heterocycles. The van der Waals surface area contributed by atoms with Crippen LogP contribution in [0.3, 0.4) is 0 Å². The molecule has 182 valence electrons. The minimum absolute atomic E-state index is 0.245. The number of sulfonamides is 1. The number of carbonyl (C=O) groups is 2. The monoisotopic (exact) mass is 478 g/mol. The van der Waals surface area contributed by atoms with Crippen molar-refractivity contribution in [2.24, 2.45) is 0 Å². The predicted octanol–water partition coefficient (Wildman–Crippen LogP) is 2.02. The zero-order valence-electron chi connectivity index (χ0n) is 19.8. The van der Waals surface area contributed by atoms with E-state index in [0.29, 0.717) is 61.2 Å². The molecule has 2 aliphatic heterocycles. The molecular formula is C23H34N4O5S. The molecule has 33 heavy (non-hydrogen) atoms. The Balaban J connectivity index is 1.70. The summed E-state index contributed by atoms with van der Waals surface area (Å²) in [5.74, 6) is -0.111. The third-order valence-electron chi connectivity index (χ3n) is 6.04. The van der Waals surface area contributed by atoms with Crippen LogP contribution in [0.4, 0.5) is 4.79 Å². The van der Waals surface area contributed by atoms with Gasteiger partial charge in [-0.3, -0.25) is 4.90 Å². The molecule has 9 nitrogen and oxygen atoms in total. The quantitative estimate of drug-likeness (QED) is 0.554. The lowest BCUT2D eigenvalue weighted by Gasteiger charge is -2.36. The molecule has 2 N–H and O–H groups in total. The number of nitrogens with zero attached hydrogens (tertiary/aromatic N) is 2. The van der Waals surface area contributed by atoms with Crippen LogP contribution in [0.2, 0.25) is 0 Å². The minimum Gasteiger partial charge on any atom is -0.463 e. The lowest BCUT2D eigenvalue weighted by molar-refractivity contribution is -0.139. The van der Waals surface area contributed by atoms with E-state index < -0.39 is 22.0 Å². The molecule has 1 aromatic carbocycles. The summed E-state index contributed by atoms with van der Waals surface area (Å²) in [6, 6.07) is 6.30. The van der Waals surface area contributed by atoms with E-state index in [1.165, 1.54) is 4.31 Å².